The molecule has 0 saturated carbocycles. The molecule has 20 heavy (non-hydrogen) atoms. The van der Waals surface area contributed by atoms with Crippen LogP contribution in [-0.2, 0) is 6.54 Å². The lowest BCUT2D eigenvalue weighted by molar-refractivity contribution is 0.621. The Labute approximate surface area is 122 Å². The summed E-state index contributed by atoms with van der Waals surface area (Å²) < 4.78 is 13.2. The summed E-state index contributed by atoms with van der Waals surface area (Å²) in [7, 11) is 0. The van der Waals surface area contributed by atoms with Gasteiger partial charge in [-0.1, -0.05) is 18.2 Å². The Morgan fingerprint density at radius 2 is 1.95 bits per heavy atom. The Morgan fingerprint density at radius 3 is 2.70 bits per heavy atom. The number of thioether (sulfide) groups is 1. The highest BCUT2D eigenvalue weighted by atomic mass is 32.2. The van der Waals surface area contributed by atoms with Crippen LogP contribution in [0.3, 0.4) is 0 Å². The number of nitrogens with one attached hydrogen (secondary N) is 1. The maximum absolute atomic E-state index is 13.2. The van der Waals surface area contributed by atoms with Gasteiger partial charge < -0.3 is 5.32 Å². The quantitative estimate of drug-likeness (QED) is 0.651. The Bertz CT molecular complexity index is 593. The van der Waals surface area contributed by atoms with E-state index in [0.29, 0.717) is 12.1 Å². The van der Waals surface area contributed by atoms with Gasteiger partial charge in [0.05, 0.1) is 11.6 Å². The molecule has 0 bridgehead atoms. The molecule has 0 radical (unpaired) electrons. The van der Waals surface area contributed by atoms with Crippen molar-refractivity contribution in [3.8, 4) is 6.07 Å². The van der Waals surface area contributed by atoms with Crippen LogP contribution in [0.4, 0.5) is 4.39 Å². The second-order valence-electron chi connectivity index (χ2n) is 4.30. The summed E-state index contributed by atoms with van der Waals surface area (Å²) >= 11 is 1.78. The Kier molecular flexibility index (Phi) is 5.60. The van der Waals surface area contributed by atoms with E-state index >= 15 is 0 Å². The van der Waals surface area contributed by atoms with Crippen LogP contribution in [0.2, 0.25) is 0 Å². The fourth-order valence-corrected chi connectivity index (χ4v) is 2.64. The van der Waals surface area contributed by atoms with Crippen molar-refractivity contribution in [2.24, 2.45) is 0 Å². The van der Waals surface area contributed by atoms with Crippen LogP contribution in [0, 0.1) is 17.1 Å². The number of hydrogen-bond acceptors (Lipinski definition) is 3. The van der Waals surface area contributed by atoms with Gasteiger partial charge >= 0.3 is 0 Å². The lowest BCUT2D eigenvalue weighted by atomic mass is 10.1. The molecule has 2 aromatic carbocycles. The molecule has 0 saturated heterocycles. The van der Waals surface area contributed by atoms with E-state index in [1.54, 1.807) is 17.8 Å². The van der Waals surface area contributed by atoms with Crippen LogP contribution >= 0.6 is 11.8 Å². The number of nitriles is 1. The van der Waals surface area contributed by atoms with Gasteiger partial charge in [-0.2, -0.15) is 5.26 Å². The van der Waals surface area contributed by atoms with E-state index in [9.17, 15) is 4.39 Å². The molecule has 0 fully saturated rings. The molecule has 2 aromatic rings. The molecule has 0 aliphatic carbocycles. The number of nitrogens with zero attached hydrogens (tertiary/aromatic N) is 1. The minimum Gasteiger partial charge on any atom is -0.312 e. The standard InChI is InChI=1S/C16H15FN2S/c17-15-9-13(11-18)8-14(10-15)12-19-6-7-20-16-4-2-1-3-5-16/h1-5,8-10,19H,6-7,12H2. The molecule has 0 unspecified atom stereocenters. The molecular formula is C16H15FN2S. The van der Waals surface area contributed by atoms with Gasteiger partial charge in [-0.25, -0.2) is 4.39 Å². The minimum absolute atomic E-state index is 0.362. The summed E-state index contributed by atoms with van der Waals surface area (Å²) in [5.41, 5.74) is 1.16. The molecule has 0 aliphatic rings. The first kappa shape index (κ1) is 14.6. The highest BCUT2D eigenvalue weighted by molar-refractivity contribution is 7.99. The van der Waals surface area contributed by atoms with Gasteiger partial charge in [-0.3, -0.25) is 0 Å². The first-order valence-corrected chi connectivity index (χ1v) is 7.34. The van der Waals surface area contributed by atoms with Crippen LogP contribution in [0.5, 0.6) is 0 Å². The van der Waals surface area contributed by atoms with Crippen molar-refractivity contribution < 1.29 is 4.39 Å². The van der Waals surface area contributed by atoms with Crippen LogP contribution in [0.1, 0.15) is 11.1 Å². The van der Waals surface area contributed by atoms with Gasteiger partial charge in [0.15, 0.2) is 0 Å². The van der Waals surface area contributed by atoms with Gasteiger partial charge in [-0.05, 0) is 35.9 Å². The third kappa shape index (κ3) is 4.69. The van der Waals surface area contributed by atoms with Crippen molar-refractivity contribution in [1.29, 1.82) is 5.26 Å². The monoisotopic (exact) mass is 286 g/mol. The Morgan fingerprint density at radius 1 is 1.15 bits per heavy atom. The van der Waals surface area contributed by atoms with Gasteiger partial charge in [-0.15, -0.1) is 11.8 Å². The van der Waals surface area contributed by atoms with E-state index in [1.807, 2.05) is 24.3 Å². The second-order valence-corrected chi connectivity index (χ2v) is 5.47. The van der Waals surface area contributed by atoms with Crippen LogP contribution in [0.15, 0.2) is 53.4 Å². The molecule has 0 amide bonds. The Balaban J connectivity index is 1.74. The first-order chi connectivity index (χ1) is 9.78. The number of rotatable bonds is 6. The van der Waals surface area contributed by atoms with Crippen LogP contribution < -0.4 is 5.32 Å². The number of halogens is 1. The van der Waals surface area contributed by atoms with E-state index in [4.69, 9.17) is 5.26 Å². The summed E-state index contributed by atoms with van der Waals surface area (Å²) in [6.45, 7) is 1.40. The summed E-state index contributed by atoms with van der Waals surface area (Å²) in [6, 6.07) is 16.6. The summed E-state index contributed by atoms with van der Waals surface area (Å²) in [5, 5.41) is 12.0. The van der Waals surface area contributed by atoms with Gasteiger partial charge in [0, 0.05) is 23.7 Å². The highest BCUT2D eigenvalue weighted by Crippen LogP contribution is 2.15. The van der Waals surface area contributed by atoms with Gasteiger partial charge in [0.1, 0.15) is 5.82 Å². The average molecular weight is 286 g/mol. The molecule has 2 rings (SSSR count). The summed E-state index contributed by atoms with van der Waals surface area (Å²) in [6.07, 6.45) is 0. The minimum atomic E-state index is -0.362. The third-order valence-corrected chi connectivity index (χ3v) is 3.72. The zero-order valence-electron chi connectivity index (χ0n) is 11.0. The Hall–Kier alpha value is -1.83. The SMILES string of the molecule is N#Cc1cc(F)cc(CNCCSc2ccccc2)c1. The lowest BCUT2D eigenvalue weighted by Crippen LogP contribution is -2.16. The topological polar surface area (TPSA) is 35.8 Å². The molecule has 102 valence electrons. The van der Waals surface area contributed by atoms with Crippen LogP contribution in [-0.4, -0.2) is 12.3 Å². The van der Waals surface area contributed by atoms with Crippen molar-refractivity contribution in [3.63, 3.8) is 0 Å². The molecule has 1 N–H and O–H groups in total. The summed E-state index contributed by atoms with van der Waals surface area (Å²) in [5.74, 6) is 0.587. The second kappa shape index (κ2) is 7.68. The van der Waals surface area contributed by atoms with Crippen molar-refractivity contribution >= 4 is 11.8 Å². The molecule has 0 atom stereocenters. The smallest absolute Gasteiger partial charge is 0.124 e. The molecule has 0 spiro atoms. The molecular weight excluding hydrogens is 271 g/mol. The summed E-state index contributed by atoms with van der Waals surface area (Å²) in [4.78, 5) is 1.24. The molecule has 4 heteroatoms. The van der Waals surface area contributed by atoms with Crippen molar-refractivity contribution in [2.75, 3.05) is 12.3 Å². The van der Waals surface area contributed by atoms with Crippen LogP contribution in [0.25, 0.3) is 0 Å². The van der Waals surface area contributed by atoms with E-state index in [0.717, 1.165) is 17.9 Å². The molecule has 0 aliphatic heterocycles. The lowest BCUT2D eigenvalue weighted by Gasteiger charge is -2.06. The fraction of sp³-hybridized carbons (Fsp3) is 0.188. The fourth-order valence-electron chi connectivity index (χ4n) is 1.81. The van der Waals surface area contributed by atoms with E-state index < -0.39 is 0 Å². The largest absolute Gasteiger partial charge is 0.312 e. The van der Waals surface area contributed by atoms with E-state index in [2.05, 4.69) is 17.4 Å². The number of hydrogen-bond donors (Lipinski definition) is 1. The van der Waals surface area contributed by atoms with Crippen molar-refractivity contribution in [3.05, 3.63) is 65.5 Å². The molecule has 2 nitrogen and oxygen atoms in total. The zero-order chi connectivity index (χ0) is 14.2. The number of benzene rings is 2. The third-order valence-electron chi connectivity index (χ3n) is 2.71. The van der Waals surface area contributed by atoms with Gasteiger partial charge in [0.2, 0.25) is 0 Å². The predicted molar refractivity (Wildman–Crippen MR) is 80.0 cm³/mol. The highest BCUT2D eigenvalue weighted by Gasteiger charge is 2.00. The maximum Gasteiger partial charge on any atom is 0.124 e. The zero-order valence-corrected chi connectivity index (χ0v) is 11.8. The van der Waals surface area contributed by atoms with E-state index in [-0.39, 0.29) is 5.82 Å². The first-order valence-electron chi connectivity index (χ1n) is 6.36. The van der Waals surface area contributed by atoms with Crippen molar-refractivity contribution in [2.45, 2.75) is 11.4 Å². The average Bonchev–Trinajstić information content (AvgIpc) is 2.47. The van der Waals surface area contributed by atoms with E-state index in [1.165, 1.54) is 17.0 Å². The molecule has 0 heterocycles. The normalized spacial score (nSPS) is 10.2. The van der Waals surface area contributed by atoms with Crippen molar-refractivity contribution in [1.82, 2.24) is 5.32 Å². The maximum atomic E-state index is 13.2. The predicted octanol–water partition coefficient (Wildman–Crippen LogP) is 3.58. The van der Waals surface area contributed by atoms with Gasteiger partial charge in [0.25, 0.3) is 0 Å². The molecule has 0 aromatic heterocycles.